The van der Waals surface area contributed by atoms with Crippen LogP contribution in [-0.4, -0.2) is 85.6 Å². The maximum atomic E-state index is 9.21. The fraction of sp³-hybridized carbons (Fsp3) is 1.00. The van der Waals surface area contributed by atoms with Gasteiger partial charge in [-0.1, -0.05) is 6.42 Å². The Morgan fingerprint density at radius 2 is 1.26 bits per heavy atom. The van der Waals surface area contributed by atoms with Crippen molar-refractivity contribution >= 4 is 0 Å². The Morgan fingerprint density at radius 3 is 1.81 bits per heavy atom. The molecule has 0 radical (unpaired) electrons. The first-order chi connectivity index (χ1) is 13.3. The first kappa shape index (κ1) is 21.5. The summed E-state index contributed by atoms with van der Waals surface area (Å²) >= 11 is 0. The summed E-state index contributed by atoms with van der Waals surface area (Å²) in [5, 5.41) is 21.9. The van der Waals surface area contributed by atoms with Gasteiger partial charge in [-0.15, -0.1) is 0 Å². The number of aliphatic hydroxyl groups is 2. The molecule has 3 aliphatic rings. The van der Waals surface area contributed by atoms with Crippen LogP contribution in [0.2, 0.25) is 0 Å². The van der Waals surface area contributed by atoms with Gasteiger partial charge in [-0.2, -0.15) is 0 Å². The fourth-order valence-electron chi connectivity index (χ4n) is 5.94. The van der Waals surface area contributed by atoms with Crippen LogP contribution in [0.5, 0.6) is 0 Å². The minimum Gasteiger partial charge on any atom is -0.395 e. The number of hydrogen-bond donors (Lipinski definition) is 3. The van der Waals surface area contributed by atoms with Crippen LogP contribution in [0.25, 0.3) is 0 Å². The van der Waals surface area contributed by atoms with Gasteiger partial charge < -0.3 is 25.3 Å². The zero-order valence-corrected chi connectivity index (χ0v) is 17.3. The molecule has 3 aliphatic heterocycles. The second-order valence-electron chi connectivity index (χ2n) is 9.24. The quantitative estimate of drug-likeness (QED) is 0.568. The summed E-state index contributed by atoms with van der Waals surface area (Å²) in [6.07, 6.45) is 10.9. The molecular weight excluding hydrogens is 338 g/mol. The monoisotopic (exact) mass is 381 g/mol. The van der Waals surface area contributed by atoms with Crippen LogP contribution >= 0.6 is 0 Å². The number of nitrogens with one attached hydrogen (secondary N) is 1. The van der Waals surface area contributed by atoms with Crippen LogP contribution in [0.4, 0.5) is 0 Å². The van der Waals surface area contributed by atoms with Gasteiger partial charge in [0.15, 0.2) is 0 Å². The molecule has 0 aromatic heterocycles. The highest BCUT2D eigenvalue weighted by Gasteiger charge is 2.33. The highest BCUT2D eigenvalue weighted by Crippen LogP contribution is 2.39. The van der Waals surface area contributed by atoms with E-state index in [-0.39, 0.29) is 0 Å². The lowest BCUT2D eigenvalue weighted by Crippen LogP contribution is -2.41. The third-order valence-corrected chi connectivity index (χ3v) is 7.67. The van der Waals surface area contributed by atoms with Gasteiger partial charge in [0.2, 0.25) is 0 Å². The maximum Gasteiger partial charge on any atom is 0.0558 e. The largest absolute Gasteiger partial charge is 0.395 e. The highest BCUT2D eigenvalue weighted by atomic mass is 16.3. The summed E-state index contributed by atoms with van der Waals surface area (Å²) < 4.78 is 0. The second kappa shape index (κ2) is 11.7. The molecule has 3 N–H and O–H groups in total. The van der Waals surface area contributed by atoms with E-state index in [1.807, 2.05) is 0 Å². The first-order valence-corrected chi connectivity index (χ1v) is 11.7. The third kappa shape index (κ3) is 6.67. The molecule has 0 aromatic carbocycles. The molecule has 3 saturated heterocycles. The van der Waals surface area contributed by atoms with Crippen molar-refractivity contribution in [2.24, 2.45) is 23.7 Å². The lowest BCUT2D eigenvalue weighted by molar-refractivity contribution is 0.0789. The van der Waals surface area contributed by atoms with E-state index in [0.717, 1.165) is 36.8 Å². The molecule has 3 fully saturated rings. The minimum atomic E-state index is 0.303. The third-order valence-electron chi connectivity index (χ3n) is 7.67. The first-order valence-electron chi connectivity index (χ1n) is 11.7. The van der Waals surface area contributed by atoms with Crippen molar-refractivity contribution in [1.82, 2.24) is 15.1 Å². The van der Waals surface area contributed by atoms with Gasteiger partial charge in [-0.25, -0.2) is 0 Å². The van der Waals surface area contributed by atoms with E-state index in [1.54, 1.807) is 0 Å². The molecule has 3 rings (SSSR count). The van der Waals surface area contributed by atoms with Crippen molar-refractivity contribution in [1.29, 1.82) is 0 Å². The van der Waals surface area contributed by atoms with Crippen molar-refractivity contribution in [2.45, 2.75) is 51.4 Å². The Kier molecular flexibility index (Phi) is 9.33. The Balaban J connectivity index is 1.48. The van der Waals surface area contributed by atoms with Crippen LogP contribution in [0.1, 0.15) is 51.4 Å². The summed E-state index contributed by atoms with van der Waals surface area (Å²) in [7, 11) is 0. The van der Waals surface area contributed by atoms with E-state index in [9.17, 15) is 5.11 Å². The fourth-order valence-corrected chi connectivity index (χ4v) is 5.94. The van der Waals surface area contributed by atoms with Crippen LogP contribution in [0, 0.1) is 23.7 Å². The smallest absolute Gasteiger partial charge is 0.0558 e. The minimum absolute atomic E-state index is 0.303. The predicted octanol–water partition coefficient (Wildman–Crippen LogP) is 1.79. The molecule has 0 aliphatic carbocycles. The van der Waals surface area contributed by atoms with E-state index >= 15 is 0 Å². The molecule has 0 amide bonds. The van der Waals surface area contributed by atoms with Crippen LogP contribution < -0.4 is 5.32 Å². The van der Waals surface area contributed by atoms with Gasteiger partial charge in [-0.05, 0) is 108 Å². The van der Waals surface area contributed by atoms with Crippen molar-refractivity contribution in [3.05, 3.63) is 0 Å². The van der Waals surface area contributed by atoms with Gasteiger partial charge in [0, 0.05) is 13.1 Å². The van der Waals surface area contributed by atoms with Gasteiger partial charge >= 0.3 is 0 Å². The number of piperidine rings is 3. The molecule has 0 spiro atoms. The lowest BCUT2D eigenvalue weighted by atomic mass is 9.70. The normalized spacial score (nSPS) is 26.4. The van der Waals surface area contributed by atoms with Gasteiger partial charge in [-0.3, -0.25) is 0 Å². The standard InChI is InChI=1S/C22H43N3O2/c26-17-15-24-11-5-19(6-12-24)1-2-22(20-3-9-23-10-4-20)21-7-13-25(14-8-21)16-18-27/h19-23,26-27H,1-18H2. The van der Waals surface area contributed by atoms with Crippen molar-refractivity contribution in [3.63, 3.8) is 0 Å². The van der Waals surface area contributed by atoms with Crippen LogP contribution in [-0.2, 0) is 0 Å². The SMILES string of the molecule is OCCN1CCC(CCC(C2CCNCC2)C2CCN(CCO)CC2)CC1. The number of β-amino-alcohol motifs (C(OH)–C–C–N with tert-alkyl or cyclic N) is 2. The average molecular weight is 382 g/mol. The number of nitrogens with zero attached hydrogens (tertiary/aromatic N) is 2. The zero-order valence-electron chi connectivity index (χ0n) is 17.3. The molecule has 0 aromatic rings. The summed E-state index contributed by atoms with van der Waals surface area (Å²) in [6, 6.07) is 0. The number of aliphatic hydroxyl groups excluding tert-OH is 2. The summed E-state index contributed by atoms with van der Waals surface area (Å²) in [5.41, 5.74) is 0. The molecule has 5 nitrogen and oxygen atoms in total. The number of likely N-dealkylation sites (tertiary alicyclic amines) is 2. The Labute approximate surface area is 166 Å². The molecule has 5 heteroatoms. The molecule has 0 saturated carbocycles. The molecule has 1 unspecified atom stereocenters. The molecule has 1 atom stereocenters. The summed E-state index contributed by atoms with van der Waals surface area (Å²) in [4.78, 5) is 4.88. The molecule has 0 bridgehead atoms. The van der Waals surface area contributed by atoms with Crippen LogP contribution in [0.3, 0.4) is 0 Å². The van der Waals surface area contributed by atoms with Crippen molar-refractivity contribution in [3.8, 4) is 0 Å². The topological polar surface area (TPSA) is 59.0 Å². The van der Waals surface area contributed by atoms with Gasteiger partial charge in [0.1, 0.15) is 0 Å². The molecule has 158 valence electrons. The molecule has 3 heterocycles. The summed E-state index contributed by atoms with van der Waals surface area (Å²) in [5.74, 6) is 3.64. The number of hydrogen-bond acceptors (Lipinski definition) is 5. The van der Waals surface area contributed by atoms with Gasteiger partial charge in [0.25, 0.3) is 0 Å². The average Bonchev–Trinajstić information content (AvgIpc) is 2.72. The van der Waals surface area contributed by atoms with E-state index in [4.69, 9.17) is 5.11 Å². The van der Waals surface area contributed by atoms with Crippen molar-refractivity contribution in [2.75, 3.05) is 65.6 Å². The Bertz CT molecular complexity index is 387. The molecule has 27 heavy (non-hydrogen) atoms. The van der Waals surface area contributed by atoms with E-state index in [0.29, 0.717) is 13.2 Å². The van der Waals surface area contributed by atoms with E-state index in [1.165, 1.54) is 90.6 Å². The van der Waals surface area contributed by atoms with Crippen LogP contribution in [0.15, 0.2) is 0 Å². The van der Waals surface area contributed by atoms with E-state index in [2.05, 4.69) is 15.1 Å². The van der Waals surface area contributed by atoms with Crippen molar-refractivity contribution < 1.29 is 10.2 Å². The van der Waals surface area contributed by atoms with E-state index < -0.39 is 0 Å². The zero-order chi connectivity index (χ0) is 18.9. The maximum absolute atomic E-state index is 9.21. The lowest BCUT2D eigenvalue weighted by Gasteiger charge is -2.41. The van der Waals surface area contributed by atoms with Gasteiger partial charge in [0.05, 0.1) is 13.2 Å². The molecular formula is C22H43N3O2. The highest BCUT2D eigenvalue weighted by molar-refractivity contribution is 4.85. The Morgan fingerprint density at radius 1 is 0.741 bits per heavy atom. The number of rotatable bonds is 9. The predicted molar refractivity (Wildman–Crippen MR) is 111 cm³/mol. The second-order valence-corrected chi connectivity index (χ2v) is 9.24. The Hall–Kier alpha value is -0.200. The summed E-state index contributed by atoms with van der Waals surface area (Å²) in [6.45, 7) is 9.49.